The topological polar surface area (TPSA) is 41.3 Å². The van der Waals surface area contributed by atoms with Gasteiger partial charge in [-0.15, -0.1) is 12.4 Å². The Balaban J connectivity index is 0.00000228. The predicted octanol–water partition coefficient (Wildman–Crippen LogP) is 4.66. The van der Waals surface area contributed by atoms with Crippen molar-refractivity contribution in [3.8, 4) is 11.3 Å². The first-order chi connectivity index (χ1) is 15.5. The smallest absolute Gasteiger partial charge is 0.129 e. The summed E-state index contributed by atoms with van der Waals surface area (Å²) in [4.78, 5) is 2.43. The van der Waals surface area contributed by atoms with Gasteiger partial charge in [-0.05, 0) is 60.2 Å². The number of hydrogen-bond donors (Lipinski definition) is 1. The molecule has 2 aliphatic carbocycles. The molecule has 0 spiro atoms. The molecule has 4 nitrogen and oxygen atoms in total. The molecule has 2 aromatic carbocycles. The molecule has 1 aliphatic heterocycles. The molecular formula is C25H25ClF3N3O. The lowest BCUT2D eigenvalue weighted by atomic mass is 9.99. The van der Waals surface area contributed by atoms with Gasteiger partial charge in [0.15, 0.2) is 0 Å². The number of aromatic nitrogens is 2. The van der Waals surface area contributed by atoms with Gasteiger partial charge < -0.3 is 5.11 Å². The largest absolute Gasteiger partial charge is 0.390 e. The van der Waals surface area contributed by atoms with E-state index in [1.165, 1.54) is 31.0 Å². The Kier molecular flexibility index (Phi) is 5.75. The summed E-state index contributed by atoms with van der Waals surface area (Å²) in [5.41, 5.74) is 4.39. The Labute approximate surface area is 196 Å². The van der Waals surface area contributed by atoms with E-state index in [9.17, 15) is 18.3 Å². The molecule has 0 amide bonds. The Morgan fingerprint density at radius 3 is 2.48 bits per heavy atom. The van der Waals surface area contributed by atoms with E-state index in [0.717, 1.165) is 60.6 Å². The maximum absolute atomic E-state index is 14.4. The summed E-state index contributed by atoms with van der Waals surface area (Å²) in [6, 6.07) is 7.78. The number of halogens is 4. The molecule has 1 N–H and O–H groups in total. The van der Waals surface area contributed by atoms with E-state index in [-0.39, 0.29) is 24.6 Å². The Morgan fingerprint density at radius 1 is 1.00 bits per heavy atom. The highest BCUT2D eigenvalue weighted by atomic mass is 35.5. The first kappa shape index (κ1) is 22.4. The van der Waals surface area contributed by atoms with Gasteiger partial charge in [0, 0.05) is 55.4 Å². The van der Waals surface area contributed by atoms with Gasteiger partial charge in [0.25, 0.3) is 0 Å². The summed E-state index contributed by atoms with van der Waals surface area (Å²) in [6.07, 6.45) is 2.52. The van der Waals surface area contributed by atoms with Crippen LogP contribution in [0, 0.1) is 23.4 Å². The Morgan fingerprint density at radius 2 is 1.76 bits per heavy atom. The van der Waals surface area contributed by atoms with Gasteiger partial charge in [0.05, 0.1) is 11.8 Å². The van der Waals surface area contributed by atoms with Crippen molar-refractivity contribution in [1.29, 1.82) is 0 Å². The van der Waals surface area contributed by atoms with Crippen molar-refractivity contribution in [2.45, 2.75) is 44.4 Å². The SMILES string of the molecule is Cl.OC1Cc2c(F)cc(F)cc2C1n1nc(-c2ccc(F)cc2)c2c1CCN(CC1CC1)C2. The molecule has 6 rings (SSSR count). The van der Waals surface area contributed by atoms with Crippen LogP contribution in [0.3, 0.4) is 0 Å². The standard InChI is InChI=1S/C25H24F3N3O.ClH/c26-16-5-3-15(4-6-16)24-20-13-30(12-14-1-2-14)8-7-22(20)31(29-24)25-19-9-17(27)10-21(28)18(19)11-23(25)32;/h3-6,9-10,14,23,25,32H,1-2,7-8,11-13H2;1H. The molecule has 3 aromatic rings. The minimum absolute atomic E-state index is 0. The van der Waals surface area contributed by atoms with Crippen LogP contribution in [0.1, 0.15) is 41.3 Å². The normalized spacial score (nSPS) is 22.1. The summed E-state index contributed by atoms with van der Waals surface area (Å²) in [7, 11) is 0. The maximum atomic E-state index is 14.4. The molecule has 1 saturated carbocycles. The summed E-state index contributed by atoms with van der Waals surface area (Å²) in [5.74, 6) is -0.841. The van der Waals surface area contributed by atoms with Gasteiger partial charge >= 0.3 is 0 Å². The molecule has 0 radical (unpaired) electrons. The quantitative estimate of drug-likeness (QED) is 0.596. The number of aliphatic hydroxyl groups is 1. The molecule has 174 valence electrons. The van der Waals surface area contributed by atoms with Crippen LogP contribution < -0.4 is 0 Å². The van der Waals surface area contributed by atoms with E-state index in [1.807, 2.05) is 0 Å². The highest BCUT2D eigenvalue weighted by molar-refractivity contribution is 5.85. The lowest BCUT2D eigenvalue weighted by molar-refractivity contribution is 0.135. The Hall–Kier alpha value is -2.35. The van der Waals surface area contributed by atoms with Gasteiger partial charge in [-0.1, -0.05) is 0 Å². The van der Waals surface area contributed by atoms with Crippen LogP contribution in [0.4, 0.5) is 13.2 Å². The maximum Gasteiger partial charge on any atom is 0.129 e. The highest BCUT2D eigenvalue weighted by Gasteiger charge is 2.39. The second kappa shape index (κ2) is 8.46. The zero-order valence-electron chi connectivity index (χ0n) is 18.0. The fraction of sp³-hybridized carbons (Fsp3) is 0.400. The van der Waals surface area contributed by atoms with Crippen molar-refractivity contribution < 1.29 is 18.3 Å². The van der Waals surface area contributed by atoms with E-state index in [1.54, 1.807) is 16.8 Å². The van der Waals surface area contributed by atoms with Gasteiger partial charge in [0.1, 0.15) is 23.5 Å². The lowest BCUT2D eigenvalue weighted by Crippen LogP contribution is -2.34. The fourth-order valence-electron chi connectivity index (χ4n) is 5.32. The van der Waals surface area contributed by atoms with Crippen molar-refractivity contribution in [3.63, 3.8) is 0 Å². The van der Waals surface area contributed by atoms with Crippen LogP contribution in [0.2, 0.25) is 0 Å². The number of benzene rings is 2. The third-order valence-electron chi connectivity index (χ3n) is 7.05. The molecule has 33 heavy (non-hydrogen) atoms. The van der Waals surface area contributed by atoms with Crippen LogP contribution in [0.5, 0.6) is 0 Å². The monoisotopic (exact) mass is 475 g/mol. The van der Waals surface area contributed by atoms with Gasteiger partial charge in [-0.2, -0.15) is 5.10 Å². The molecule has 0 bridgehead atoms. The van der Waals surface area contributed by atoms with Crippen molar-refractivity contribution in [2.75, 3.05) is 13.1 Å². The summed E-state index contributed by atoms with van der Waals surface area (Å²) in [6.45, 7) is 2.66. The van der Waals surface area contributed by atoms with Crippen molar-refractivity contribution in [1.82, 2.24) is 14.7 Å². The average Bonchev–Trinajstić information content (AvgIpc) is 3.41. The third kappa shape index (κ3) is 3.96. The minimum atomic E-state index is -0.893. The van der Waals surface area contributed by atoms with Crippen LogP contribution >= 0.6 is 12.4 Å². The van der Waals surface area contributed by atoms with Crippen molar-refractivity contribution >= 4 is 12.4 Å². The van der Waals surface area contributed by atoms with Crippen LogP contribution in [0.25, 0.3) is 11.3 Å². The highest BCUT2D eigenvalue weighted by Crippen LogP contribution is 2.41. The second-order valence-electron chi connectivity index (χ2n) is 9.33. The molecule has 2 heterocycles. The molecule has 1 aromatic heterocycles. The number of hydrogen-bond acceptors (Lipinski definition) is 3. The van der Waals surface area contributed by atoms with E-state index >= 15 is 0 Å². The van der Waals surface area contributed by atoms with Crippen LogP contribution in [-0.4, -0.2) is 39.0 Å². The minimum Gasteiger partial charge on any atom is -0.390 e. The number of rotatable bonds is 4. The number of nitrogens with zero attached hydrogens (tertiary/aromatic N) is 3. The zero-order valence-corrected chi connectivity index (χ0v) is 18.8. The summed E-state index contributed by atoms with van der Waals surface area (Å²) >= 11 is 0. The first-order valence-corrected chi connectivity index (χ1v) is 11.2. The van der Waals surface area contributed by atoms with Gasteiger partial charge in [0.2, 0.25) is 0 Å². The first-order valence-electron chi connectivity index (χ1n) is 11.2. The number of aliphatic hydroxyl groups excluding tert-OH is 1. The van der Waals surface area contributed by atoms with Crippen LogP contribution in [0.15, 0.2) is 36.4 Å². The van der Waals surface area contributed by atoms with Gasteiger partial charge in [-0.3, -0.25) is 9.58 Å². The molecular weight excluding hydrogens is 451 g/mol. The number of fused-ring (bicyclic) bond motifs is 2. The lowest BCUT2D eigenvalue weighted by Gasteiger charge is -2.29. The summed E-state index contributed by atoms with van der Waals surface area (Å²) in [5, 5.41) is 15.7. The third-order valence-corrected chi connectivity index (χ3v) is 7.05. The molecule has 3 aliphatic rings. The zero-order chi connectivity index (χ0) is 22.0. The average molecular weight is 476 g/mol. The van der Waals surface area contributed by atoms with E-state index in [0.29, 0.717) is 11.1 Å². The predicted molar refractivity (Wildman–Crippen MR) is 121 cm³/mol. The van der Waals surface area contributed by atoms with E-state index in [2.05, 4.69) is 4.90 Å². The molecule has 1 fully saturated rings. The fourth-order valence-corrected chi connectivity index (χ4v) is 5.32. The van der Waals surface area contributed by atoms with Crippen molar-refractivity contribution in [2.24, 2.45) is 5.92 Å². The molecule has 0 saturated heterocycles. The molecule has 8 heteroatoms. The van der Waals surface area contributed by atoms with E-state index < -0.39 is 23.8 Å². The van der Waals surface area contributed by atoms with Crippen LogP contribution in [-0.2, 0) is 19.4 Å². The van der Waals surface area contributed by atoms with Crippen molar-refractivity contribution in [3.05, 3.63) is 76.2 Å². The summed E-state index contributed by atoms with van der Waals surface area (Å²) < 4.78 is 43.8. The van der Waals surface area contributed by atoms with Gasteiger partial charge in [-0.25, -0.2) is 13.2 Å². The second-order valence-corrected chi connectivity index (χ2v) is 9.33. The Bertz CT molecular complexity index is 1190. The van der Waals surface area contributed by atoms with E-state index in [4.69, 9.17) is 5.10 Å². The molecule has 2 unspecified atom stereocenters. The molecule has 2 atom stereocenters.